The predicted octanol–water partition coefficient (Wildman–Crippen LogP) is 9.02. The van der Waals surface area contributed by atoms with Gasteiger partial charge in [-0.25, -0.2) is 0 Å². The van der Waals surface area contributed by atoms with E-state index in [-0.39, 0.29) is 60.4 Å². The van der Waals surface area contributed by atoms with Crippen molar-refractivity contribution in [2.75, 3.05) is 13.2 Å². The lowest BCUT2D eigenvalue weighted by Crippen LogP contribution is -2.40. The van der Waals surface area contributed by atoms with Gasteiger partial charge >= 0.3 is 11.9 Å². The Morgan fingerprint density at radius 1 is 0.383 bits per heavy atom. The molecule has 6 aliphatic rings. The molecule has 0 bridgehead atoms. The van der Waals surface area contributed by atoms with E-state index in [9.17, 15) is 9.59 Å². The highest BCUT2D eigenvalue weighted by atomic mass is 16.6. The van der Waals surface area contributed by atoms with Gasteiger partial charge in [0.25, 0.3) is 0 Å². The van der Waals surface area contributed by atoms with E-state index >= 15 is 0 Å². The molecule has 7 heteroatoms. The molecule has 0 aromatic carbocycles. The lowest BCUT2D eigenvalue weighted by atomic mass is 9.85. The van der Waals surface area contributed by atoms with Crippen molar-refractivity contribution >= 4 is 11.9 Å². The van der Waals surface area contributed by atoms with Crippen molar-refractivity contribution in [2.45, 2.75) is 204 Å². The molecule has 4 atom stereocenters. The second-order valence-corrected chi connectivity index (χ2v) is 16.4. The zero-order valence-corrected chi connectivity index (χ0v) is 29.4. The molecule has 0 N–H and O–H groups in total. The summed E-state index contributed by atoms with van der Waals surface area (Å²) < 4.78 is 31.6. The van der Waals surface area contributed by atoms with Crippen molar-refractivity contribution in [3.05, 3.63) is 0 Å². The van der Waals surface area contributed by atoms with Crippen LogP contribution in [0.3, 0.4) is 0 Å². The number of hydrogen-bond acceptors (Lipinski definition) is 7. The molecule has 0 aromatic heterocycles. The van der Waals surface area contributed by atoms with Crippen molar-refractivity contribution in [1.82, 2.24) is 0 Å². The summed E-state index contributed by atoms with van der Waals surface area (Å²) in [7, 11) is 0. The van der Waals surface area contributed by atoms with Gasteiger partial charge in [0.15, 0.2) is 0 Å². The van der Waals surface area contributed by atoms with E-state index in [0.29, 0.717) is 11.8 Å². The first kappa shape index (κ1) is 35.6. The highest BCUT2D eigenvalue weighted by Crippen LogP contribution is 2.35. The standard InChI is InChI=1S/C40H66O7/c41-39(46-37-17-9-7-15-35(37)43-27-29-11-3-1-4-12-29)31-19-23-33(24-20-31)45-34-25-21-32(22-26-34)40(42)47-38-18-10-8-16-36(38)44-28-30-13-5-2-6-14-30/h29-38H,1-28H2. The highest BCUT2D eigenvalue weighted by molar-refractivity contribution is 5.73. The van der Waals surface area contributed by atoms with E-state index in [1.54, 1.807) is 0 Å². The molecule has 0 saturated heterocycles. The lowest BCUT2D eigenvalue weighted by molar-refractivity contribution is -0.170. The van der Waals surface area contributed by atoms with E-state index in [4.69, 9.17) is 23.7 Å². The van der Waals surface area contributed by atoms with Crippen LogP contribution in [0.1, 0.15) is 167 Å². The molecule has 0 amide bonds. The molecule has 6 saturated carbocycles. The van der Waals surface area contributed by atoms with E-state index in [2.05, 4.69) is 0 Å². The third kappa shape index (κ3) is 10.9. The van der Waals surface area contributed by atoms with Gasteiger partial charge < -0.3 is 23.7 Å². The van der Waals surface area contributed by atoms with Crippen LogP contribution in [0.15, 0.2) is 0 Å². The maximum atomic E-state index is 13.2. The molecule has 268 valence electrons. The van der Waals surface area contributed by atoms with Gasteiger partial charge in [-0.3, -0.25) is 9.59 Å². The predicted molar refractivity (Wildman–Crippen MR) is 182 cm³/mol. The number of esters is 2. The summed E-state index contributed by atoms with van der Waals surface area (Å²) in [6.07, 6.45) is 29.1. The first-order chi connectivity index (χ1) is 23.1. The minimum Gasteiger partial charge on any atom is -0.459 e. The summed E-state index contributed by atoms with van der Waals surface area (Å²) in [4.78, 5) is 26.4. The summed E-state index contributed by atoms with van der Waals surface area (Å²) in [6, 6.07) is 0. The minimum absolute atomic E-state index is 0.0137. The van der Waals surface area contributed by atoms with Crippen LogP contribution in [0.2, 0.25) is 0 Å². The molecule has 4 unspecified atom stereocenters. The van der Waals surface area contributed by atoms with Crippen LogP contribution in [0.25, 0.3) is 0 Å². The van der Waals surface area contributed by atoms with Crippen LogP contribution in [0, 0.1) is 23.7 Å². The van der Waals surface area contributed by atoms with Crippen molar-refractivity contribution in [2.24, 2.45) is 23.7 Å². The Balaban J connectivity index is 0.861. The fraction of sp³-hybridized carbons (Fsp3) is 0.950. The van der Waals surface area contributed by atoms with Gasteiger partial charge in [-0.05, 0) is 127 Å². The van der Waals surface area contributed by atoms with Crippen molar-refractivity contribution in [3.63, 3.8) is 0 Å². The number of ether oxygens (including phenoxy) is 5. The maximum Gasteiger partial charge on any atom is 0.309 e. The first-order valence-electron chi connectivity index (χ1n) is 20.4. The van der Waals surface area contributed by atoms with Gasteiger partial charge in [-0.1, -0.05) is 51.4 Å². The summed E-state index contributed by atoms with van der Waals surface area (Å²) in [5.74, 6) is 1.31. The van der Waals surface area contributed by atoms with Gasteiger partial charge in [-0.2, -0.15) is 0 Å². The number of carbonyl (C=O) groups is 2. The molecular formula is C40H66O7. The average Bonchev–Trinajstić information content (AvgIpc) is 3.12. The van der Waals surface area contributed by atoms with Crippen molar-refractivity contribution < 1.29 is 33.3 Å². The molecule has 0 heterocycles. The third-order valence-corrected chi connectivity index (χ3v) is 12.8. The zero-order valence-electron chi connectivity index (χ0n) is 29.4. The van der Waals surface area contributed by atoms with Crippen LogP contribution < -0.4 is 0 Å². The first-order valence-corrected chi connectivity index (χ1v) is 20.4. The Morgan fingerprint density at radius 2 is 0.723 bits per heavy atom. The quantitative estimate of drug-likeness (QED) is 0.194. The average molecular weight is 659 g/mol. The molecule has 6 rings (SSSR count). The van der Waals surface area contributed by atoms with Gasteiger partial charge in [0, 0.05) is 13.2 Å². The van der Waals surface area contributed by atoms with Gasteiger partial charge in [0.2, 0.25) is 0 Å². The third-order valence-electron chi connectivity index (χ3n) is 12.8. The molecule has 0 radical (unpaired) electrons. The molecule has 0 aromatic rings. The van der Waals surface area contributed by atoms with Gasteiger partial charge in [0.1, 0.15) is 12.2 Å². The summed E-state index contributed by atoms with van der Waals surface area (Å²) in [5.41, 5.74) is 0. The van der Waals surface area contributed by atoms with Crippen LogP contribution in [0.4, 0.5) is 0 Å². The van der Waals surface area contributed by atoms with E-state index < -0.39 is 0 Å². The molecule has 0 spiro atoms. The second-order valence-electron chi connectivity index (χ2n) is 16.4. The zero-order chi connectivity index (χ0) is 32.3. The summed E-state index contributed by atoms with van der Waals surface area (Å²) >= 11 is 0. The van der Waals surface area contributed by atoms with E-state index in [1.807, 2.05) is 0 Å². The normalized spacial score (nSPS) is 36.4. The number of rotatable bonds is 12. The summed E-state index contributed by atoms with van der Waals surface area (Å²) in [5, 5.41) is 0. The smallest absolute Gasteiger partial charge is 0.309 e. The Bertz CT molecular complexity index is 853. The molecule has 0 aliphatic heterocycles. The van der Waals surface area contributed by atoms with Crippen LogP contribution in [0.5, 0.6) is 0 Å². The SMILES string of the molecule is O=C(OC1CCCCC1OCC1CCCCC1)C1CCC(OC2CCC(C(=O)OC3CCCCC3OCC3CCCCC3)CC2)CC1. The van der Waals surface area contributed by atoms with Gasteiger partial charge in [-0.15, -0.1) is 0 Å². The molecule has 6 fully saturated rings. The van der Waals surface area contributed by atoms with Crippen LogP contribution in [-0.2, 0) is 33.3 Å². The number of carbonyl (C=O) groups excluding carboxylic acids is 2. The summed E-state index contributed by atoms with van der Waals surface area (Å²) in [6.45, 7) is 1.67. The largest absolute Gasteiger partial charge is 0.459 e. The van der Waals surface area contributed by atoms with Crippen molar-refractivity contribution in [3.8, 4) is 0 Å². The Labute approximate surface area is 285 Å². The van der Waals surface area contributed by atoms with E-state index in [1.165, 1.54) is 77.0 Å². The highest BCUT2D eigenvalue weighted by Gasteiger charge is 2.37. The Kier molecular flexibility index (Phi) is 14.2. The molecule has 6 aliphatic carbocycles. The number of hydrogen-bond donors (Lipinski definition) is 0. The second kappa shape index (κ2) is 18.7. The molecule has 47 heavy (non-hydrogen) atoms. The van der Waals surface area contributed by atoms with Crippen LogP contribution >= 0.6 is 0 Å². The minimum atomic E-state index is -0.0752. The lowest BCUT2D eigenvalue weighted by Gasteiger charge is -2.36. The molecule has 7 nitrogen and oxygen atoms in total. The van der Waals surface area contributed by atoms with Crippen molar-refractivity contribution in [1.29, 1.82) is 0 Å². The Hall–Kier alpha value is -1.18. The fourth-order valence-electron chi connectivity index (χ4n) is 9.64. The van der Waals surface area contributed by atoms with Crippen LogP contribution in [-0.4, -0.2) is 61.8 Å². The Morgan fingerprint density at radius 3 is 1.11 bits per heavy atom. The topological polar surface area (TPSA) is 80.3 Å². The molecular weight excluding hydrogens is 592 g/mol. The van der Waals surface area contributed by atoms with E-state index in [0.717, 1.165) is 103 Å². The maximum absolute atomic E-state index is 13.2. The van der Waals surface area contributed by atoms with Gasteiger partial charge in [0.05, 0.1) is 36.3 Å². The fourth-order valence-corrected chi connectivity index (χ4v) is 9.64. The monoisotopic (exact) mass is 658 g/mol.